The maximum Gasteiger partial charge on any atom is 0.0677 e. The van der Waals surface area contributed by atoms with Gasteiger partial charge in [0.15, 0.2) is 0 Å². The van der Waals surface area contributed by atoms with Crippen molar-refractivity contribution in [3.63, 3.8) is 0 Å². The van der Waals surface area contributed by atoms with Crippen LogP contribution in [0.4, 0.5) is 0 Å². The standard InChI is InChI=1S/C6H12INO/c1-5-6(7)4-8-2-3-9-5/h5-6,8H,2-4H2,1H3. The fourth-order valence-corrected chi connectivity index (χ4v) is 1.35. The van der Waals surface area contributed by atoms with Crippen LogP contribution in [-0.2, 0) is 4.74 Å². The molecule has 0 saturated carbocycles. The predicted molar refractivity (Wildman–Crippen MR) is 46.1 cm³/mol. The van der Waals surface area contributed by atoms with Crippen molar-refractivity contribution in [3.05, 3.63) is 0 Å². The third-order valence-corrected chi connectivity index (χ3v) is 2.96. The summed E-state index contributed by atoms with van der Waals surface area (Å²) >= 11 is 2.42. The Morgan fingerprint density at radius 3 is 3.22 bits per heavy atom. The molecule has 2 atom stereocenters. The topological polar surface area (TPSA) is 21.3 Å². The maximum absolute atomic E-state index is 5.45. The van der Waals surface area contributed by atoms with Crippen molar-refractivity contribution < 1.29 is 4.74 Å². The average molecular weight is 241 g/mol. The van der Waals surface area contributed by atoms with Gasteiger partial charge in [0.05, 0.1) is 12.7 Å². The Kier molecular flexibility index (Phi) is 3.21. The molecule has 2 unspecified atom stereocenters. The smallest absolute Gasteiger partial charge is 0.0677 e. The molecule has 1 rings (SSSR count). The van der Waals surface area contributed by atoms with Crippen LogP contribution in [0.3, 0.4) is 0 Å². The zero-order chi connectivity index (χ0) is 6.69. The van der Waals surface area contributed by atoms with E-state index in [1.807, 2.05) is 0 Å². The summed E-state index contributed by atoms with van der Waals surface area (Å²) in [6, 6.07) is 0. The zero-order valence-corrected chi connectivity index (χ0v) is 7.72. The van der Waals surface area contributed by atoms with Gasteiger partial charge in [0, 0.05) is 17.0 Å². The van der Waals surface area contributed by atoms with Crippen LogP contribution in [0.15, 0.2) is 0 Å². The third kappa shape index (κ3) is 2.39. The van der Waals surface area contributed by atoms with E-state index in [1.165, 1.54) is 0 Å². The average Bonchev–Trinajstić information content (AvgIpc) is 1.99. The molecule has 1 aliphatic heterocycles. The van der Waals surface area contributed by atoms with Crippen LogP contribution in [0.1, 0.15) is 6.92 Å². The van der Waals surface area contributed by atoms with Crippen molar-refractivity contribution in [2.75, 3.05) is 19.7 Å². The second-order valence-electron chi connectivity index (χ2n) is 2.30. The lowest BCUT2D eigenvalue weighted by Gasteiger charge is -2.13. The molecule has 1 saturated heterocycles. The molecular formula is C6H12INO. The number of ether oxygens (including phenoxy) is 1. The Morgan fingerprint density at radius 1 is 1.67 bits per heavy atom. The molecule has 3 heteroatoms. The van der Waals surface area contributed by atoms with Crippen molar-refractivity contribution in [1.82, 2.24) is 5.32 Å². The van der Waals surface area contributed by atoms with Gasteiger partial charge < -0.3 is 10.1 Å². The van der Waals surface area contributed by atoms with Gasteiger partial charge in [-0.2, -0.15) is 0 Å². The largest absolute Gasteiger partial charge is 0.376 e. The van der Waals surface area contributed by atoms with Crippen molar-refractivity contribution in [2.45, 2.75) is 17.0 Å². The van der Waals surface area contributed by atoms with Crippen LogP contribution in [0.25, 0.3) is 0 Å². The first-order chi connectivity index (χ1) is 4.30. The highest BCUT2D eigenvalue weighted by Gasteiger charge is 2.15. The predicted octanol–water partition coefficient (Wildman–Crippen LogP) is 0.798. The molecule has 1 aliphatic rings. The van der Waals surface area contributed by atoms with Crippen molar-refractivity contribution >= 4 is 22.6 Å². The zero-order valence-electron chi connectivity index (χ0n) is 5.56. The monoisotopic (exact) mass is 241 g/mol. The van der Waals surface area contributed by atoms with Gasteiger partial charge in [0.2, 0.25) is 0 Å². The van der Waals surface area contributed by atoms with E-state index in [0.29, 0.717) is 10.0 Å². The molecule has 0 amide bonds. The molecule has 0 aromatic rings. The molecule has 0 aliphatic carbocycles. The van der Waals surface area contributed by atoms with Gasteiger partial charge in [-0.05, 0) is 6.92 Å². The van der Waals surface area contributed by atoms with Crippen molar-refractivity contribution in [2.24, 2.45) is 0 Å². The Morgan fingerprint density at radius 2 is 2.44 bits per heavy atom. The first-order valence-corrected chi connectivity index (χ1v) is 4.51. The fourth-order valence-electron chi connectivity index (χ4n) is 0.827. The molecular weight excluding hydrogens is 229 g/mol. The summed E-state index contributed by atoms with van der Waals surface area (Å²) in [7, 11) is 0. The van der Waals surface area contributed by atoms with Gasteiger partial charge >= 0.3 is 0 Å². The van der Waals surface area contributed by atoms with Gasteiger partial charge in [0.1, 0.15) is 0 Å². The summed E-state index contributed by atoms with van der Waals surface area (Å²) in [6.45, 7) is 5.08. The van der Waals surface area contributed by atoms with E-state index < -0.39 is 0 Å². The van der Waals surface area contributed by atoms with E-state index in [0.717, 1.165) is 19.7 Å². The molecule has 1 heterocycles. The quantitative estimate of drug-likeness (QED) is 0.500. The van der Waals surface area contributed by atoms with E-state index in [1.54, 1.807) is 0 Å². The second-order valence-corrected chi connectivity index (χ2v) is 3.90. The molecule has 0 aromatic heterocycles. The van der Waals surface area contributed by atoms with Crippen molar-refractivity contribution in [1.29, 1.82) is 0 Å². The lowest BCUT2D eigenvalue weighted by Crippen LogP contribution is -2.26. The highest BCUT2D eigenvalue weighted by Crippen LogP contribution is 2.10. The van der Waals surface area contributed by atoms with Crippen LogP contribution >= 0.6 is 22.6 Å². The highest BCUT2D eigenvalue weighted by atomic mass is 127. The molecule has 0 radical (unpaired) electrons. The molecule has 0 spiro atoms. The van der Waals surface area contributed by atoms with Gasteiger partial charge in [-0.25, -0.2) is 0 Å². The SMILES string of the molecule is CC1OCCNCC1I. The van der Waals surface area contributed by atoms with Crippen LogP contribution in [0.5, 0.6) is 0 Å². The summed E-state index contributed by atoms with van der Waals surface area (Å²) in [5, 5.41) is 3.29. The Hall–Kier alpha value is 0.650. The van der Waals surface area contributed by atoms with Gasteiger partial charge in [0.25, 0.3) is 0 Å². The summed E-state index contributed by atoms with van der Waals surface area (Å²) in [5.74, 6) is 0. The van der Waals surface area contributed by atoms with Crippen LogP contribution in [0.2, 0.25) is 0 Å². The minimum atomic E-state index is 0.417. The molecule has 9 heavy (non-hydrogen) atoms. The van der Waals surface area contributed by atoms with E-state index in [-0.39, 0.29) is 0 Å². The molecule has 2 nitrogen and oxygen atoms in total. The van der Waals surface area contributed by atoms with E-state index >= 15 is 0 Å². The Balaban J connectivity index is 2.32. The van der Waals surface area contributed by atoms with Crippen LogP contribution in [0, 0.1) is 0 Å². The van der Waals surface area contributed by atoms with E-state index in [4.69, 9.17) is 4.74 Å². The minimum absolute atomic E-state index is 0.417. The van der Waals surface area contributed by atoms with E-state index in [9.17, 15) is 0 Å². The van der Waals surface area contributed by atoms with Crippen molar-refractivity contribution in [3.8, 4) is 0 Å². The number of nitrogens with one attached hydrogen (secondary N) is 1. The summed E-state index contributed by atoms with van der Waals surface area (Å²) in [4.78, 5) is 0. The van der Waals surface area contributed by atoms with Gasteiger partial charge in [-0.1, -0.05) is 22.6 Å². The summed E-state index contributed by atoms with van der Waals surface area (Å²) in [5.41, 5.74) is 0. The number of halogens is 1. The fraction of sp³-hybridized carbons (Fsp3) is 1.00. The molecule has 54 valence electrons. The molecule has 0 aromatic carbocycles. The Bertz CT molecular complexity index is 79.1. The van der Waals surface area contributed by atoms with E-state index in [2.05, 4.69) is 34.8 Å². The first kappa shape index (κ1) is 7.75. The molecule has 0 bridgehead atoms. The van der Waals surface area contributed by atoms with Crippen LogP contribution < -0.4 is 5.32 Å². The molecule has 1 fully saturated rings. The minimum Gasteiger partial charge on any atom is -0.376 e. The lowest BCUT2D eigenvalue weighted by atomic mass is 10.3. The third-order valence-electron chi connectivity index (χ3n) is 1.51. The highest BCUT2D eigenvalue weighted by molar-refractivity contribution is 14.1. The normalized spacial score (nSPS) is 38.0. The summed E-state index contributed by atoms with van der Waals surface area (Å²) in [6.07, 6.45) is 0.417. The second kappa shape index (κ2) is 3.73. The molecule has 1 N–H and O–H groups in total. The first-order valence-electron chi connectivity index (χ1n) is 3.27. The summed E-state index contributed by atoms with van der Waals surface area (Å²) < 4.78 is 6.07. The van der Waals surface area contributed by atoms with Crippen LogP contribution in [-0.4, -0.2) is 29.7 Å². The maximum atomic E-state index is 5.45. The number of hydrogen-bond donors (Lipinski definition) is 1. The number of hydrogen-bond acceptors (Lipinski definition) is 2. The lowest BCUT2D eigenvalue weighted by molar-refractivity contribution is 0.0844. The Labute approximate surface area is 69.5 Å². The number of rotatable bonds is 0. The number of alkyl halides is 1. The van der Waals surface area contributed by atoms with Gasteiger partial charge in [-0.3, -0.25) is 0 Å². The van der Waals surface area contributed by atoms with Gasteiger partial charge in [-0.15, -0.1) is 0 Å².